The Morgan fingerprint density at radius 3 is 2.59 bits per heavy atom. The third kappa shape index (κ3) is 8.41. The van der Waals surface area contributed by atoms with Crippen LogP contribution < -0.4 is 16.0 Å². The summed E-state index contributed by atoms with van der Waals surface area (Å²) in [6.07, 6.45) is 1.84. The van der Waals surface area contributed by atoms with E-state index in [9.17, 15) is 13.6 Å². The molecular formula is C20H32F2IN5O. The molecule has 0 radical (unpaired) electrons. The number of likely N-dealkylation sites (N-methyl/N-ethyl adjacent to an activating group) is 1. The van der Waals surface area contributed by atoms with E-state index in [4.69, 9.17) is 0 Å². The monoisotopic (exact) mass is 523 g/mol. The fraction of sp³-hybridized carbons (Fsp3) is 0.600. The van der Waals surface area contributed by atoms with E-state index in [2.05, 4.69) is 25.8 Å². The van der Waals surface area contributed by atoms with Crippen molar-refractivity contribution in [2.24, 2.45) is 4.99 Å². The first-order valence-electron chi connectivity index (χ1n) is 9.85. The Labute approximate surface area is 188 Å². The molecule has 9 heteroatoms. The zero-order valence-electron chi connectivity index (χ0n) is 17.3. The second-order valence-electron chi connectivity index (χ2n) is 7.15. The number of hydrogen-bond donors (Lipinski definition) is 3. The van der Waals surface area contributed by atoms with E-state index in [-0.39, 0.29) is 41.8 Å². The first kappa shape index (κ1) is 25.5. The van der Waals surface area contributed by atoms with Crippen LogP contribution in [0.15, 0.2) is 23.2 Å². The lowest BCUT2D eigenvalue weighted by Crippen LogP contribution is -2.50. The second kappa shape index (κ2) is 12.9. The molecule has 164 valence electrons. The highest BCUT2D eigenvalue weighted by atomic mass is 127. The van der Waals surface area contributed by atoms with Crippen LogP contribution >= 0.6 is 24.0 Å². The summed E-state index contributed by atoms with van der Waals surface area (Å²) in [7, 11) is 1.65. The van der Waals surface area contributed by atoms with Gasteiger partial charge in [-0.1, -0.05) is 13.0 Å². The molecule has 0 saturated carbocycles. The lowest BCUT2D eigenvalue weighted by atomic mass is 10.0. The summed E-state index contributed by atoms with van der Waals surface area (Å²) in [6, 6.07) is 3.93. The molecule has 1 fully saturated rings. The van der Waals surface area contributed by atoms with Crippen molar-refractivity contribution in [1.29, 1.82) is 0 Å². The maximum absolute atomic E-state index is 13.9. The van der Waals surface area contributed by atoms with Gasteiger partial charge in [-0.15, -0.1) is 24.0 Å². The highest BCUT2D eigenvalue weighted by Crippen LogP contribution is 2.20. The predicted molar refractivity (Wildman–Crippen MR) is 123 cm³/mol. The van der Waals surface area contributed by atoms with Crippen molar-refractivity contribution in [3.8, 4) is 0 Å². The lowest BCUT2D eigenvalue weighted by Gasteiger charge is -2.32. The summed E-state index contributed by atoms with van der Waals surface area (Å²) < 4.78 is 27.0. The minimum absolute atomic E-state index is 0. The van der Waals surface area contributed by atoms with E-state index in [1.165, 1.54) is 12.1 Å². The van der Waals surface area contributed by atoms with Gasteiger partial charge < -0.3 is 16.0 Å². The van der Waals surface area contributed by atoms with Gasteiger partial charge in [-0.25, -0.2) is 8.78 Å². The average molecular weight is 523 g/mol. The Morgan fingerprint density at radius 2 is 2.00 bits per heavy atom. The molecular weight excluding hydrogens is 491 g/mol. The number of amides is 1. The van der Waals surface area contributed by atoms with Crippen LogP contribution in [0.2, 0.25) is 0 Å². The molecule has 0 spiro atoms. The number of nitrogens with one attached hydrogen (secondary N) is 3. The van der Waals surface area contributed by atoms with E-state index in [1.54, 1.807) is 7.05 Å². The Bertz CT molecular complexity index is 681. The van der Waals surface area contributed by atoms with Gasteiger partial charge in [-0.05, 0) is 31.4 Å². The minimum Gasteiger partial charge on any atom is -0.358 e. The first-order valence-corrected chi connectivity index (χ1v) is 9.85. The van der Waals surface area contributed by atoms with Crippen molar-refractivity contribution in [2.75, 3.05) is 39.8 Å². The van der Waals surface area contributed by atoms with Crippen molar-refractivity contribution >= 4 is 35.8 Å². The molecule has 6 nitrogen and oxygen atoms in total. The van der Waals surface area contributed by atoms with E-state index in [1.807, 2.05) is 13.8 Å². The number of benzene rings is 1. The van der Waals surface area contributed by atoms with Crippen molar-refractivity contribution in [3.63, 3.8) is 0 Å². The molecule has 1 atom stereocenters. The second-order valence-corrected chi connectivity index (χ2v) is 7.15. The number of likely N-dealkylation sites (tertiary alicyclic amines) is 1. The van der Waals surface area contributed by atoms with Crippen LogP contribution in [0.5, 0.6) is 0 Å². The van der Waals surface area contributed by atoms with Crippen LogP contribution in [0.3, 0.4) is 0 Å². The molecule has 1 saturated heterocycles. The number of carbonyl (C=O) groups is 1. The van der Waals surface area contributed by atoms with Crippen LogP contribution in [-0.2, 0) is 4.79 Å². The number of hydrogen-bond acceptors (Lipinski definition) is 3. The third-order valence-electron chi connectivity index (χ3n) is 4.94. The molecule has 0 aromatic heterocycles. The van der Waals surface area contributed by atoms with Gasteiger partial charge in [-0.2, -0.15) is 0 Å². The average Bonchev–Trinajstić information content (AvgIpc) is 2.67. The fourth-order valence-electron chi connectivity index (χ4n) is 3.26. The van der Waals surface area contributed by atoms with Gasteiger partial charge in [0.2, 0.25) is 5.91 Å². The van der Waals surface area contributed by atoms with Gasteiger partial charge in [0.25, 0.3) is 0 Å². The number of carbonyl (C=O) groups excluding carboxylic acids is 1. The molecule has 1 aliphatic rings. The largest absolute Gasteiger partial charge is 0.358 e. The molecule has 3 N–H and O–H groups in total. The summed E-state index contributed by atoms with van der Waals surface area (Å²) in [5.74, 6) is -0.547. The van der Waals surface area contributed by atoms with E-state index in [0.29, 0.717) is 24.6 Å². The van der Waals surface area contributed by atoms with Crippen LogP contribution in [0.25, 0.3) is 0 Å². The smallest absolute Gasteiger partial charge is 0.233 e. The van der Waals surface area contributed by atoms with Gasteiger partial charge >= 0.3 is 0 Å². The third-order valence-corrected chi connectivity index (χ3v) is 4.94. The Balaban J connectivity index is 0.00000420. The van der Waals surface area contributed by atoms with Gasteiger partial charge in [0.15, 0.2) is 5.96 Å². The normalized spacial score (nSPS) is 16.7. The van der Waals surface area contributed by atoms with Crippen molar-refractivity contribution in [1.82, 2.24) is 20.9 Å². The minimum atomic E-state index is -0.574. The van der Waals surface area contributed by atoms with Crippen LogP contribution in [0, 0.1) is 11.6 Å². The molecule has 1 aromatic rings. The highest BCUT2D eigenvalue weighted by molar-refractivity contribution is 14.0. The summed E-state index contributed by atoms with van der Waals surface area (Å²) in [6.45, 7) is 7.11. The summed E-state index contributed by atoms with van der Waals surface area (Å²) >= 11 is 0. The number of nitrogens with zero attached hydrogens (tertiary/aromatic N) is 2. The van der Waals surface area contributed by atoms with Crippen molar-refractivity contribution < 1.29 is 13.6 Å². The Morgan fingerprint density at radius 1 is 1.31 bits per heavy atom. The molecule has 29 heavy (non-hydrogen) atoms. The summed E-state index contributed by atoms with van der Waals surface area (Å²) in [5.41, 5.74) is 0.462. The van der Waals surface area contributed by atoms with Crippen molar-refractivity contribution in [2.45, 2.75) is 38.6 Å². The highest BCUT2D eigenvalue weighted by Gasteiger charge is 2.21. The van der Waals surface area contributed by atoms with E-state index < -0.39 is 11.6 Å². The molecule has 1 aromatic carbocycles. The van der Waals surface area contributed by atoms with Gasteiger partial charge in [0.05, 0.1) is 6.54 Å². The number of guanidine groups is 1. The van der Waals surface area contributed by atoms with Gasteiger partial charge in [-0.3, -0.25) is 14.7 Å². The Hall–Kier alpha value is -1.49. The zero-order chi connectivity index (χ0) is 20.5. The Kier molecular flexibility index (Phi) is 11.4. The number of halogens is 3. The maximum atomic E-state index is 13.9. The summed E-state index contributed by atoms with van der Waals surface area (Å²) in [5, 5.41) is 9.30. The van der Waals surface area contributed by atoms with E-state index in [0.717, 1.165) is 38.5 Å². The molecule has 1 aliphatic heterocycles. The topological polar surface area (TPSA) is 68.8 Å². The lowest BCUT2D eigenvalue weighted by molar-refractivity contribution is -0.122. The zero-order valence-corrected chi connectivity index (χ0v) is 19.6. The molecule has 0 bridgehead atoms. The van der Waals surface area contributed by atoms with Crippen LogP contribution in [-0.4, -0.2) is 62.6 Å². The maximum Gasteiger partial charge on any atom is 0.233 e. The quantitative estimate of drug-likeness (QED) is 0.292. The first-order chi connectivity index (χ1) is 13.4. The molecule has 1 unspecified atom stereocenters. The predicted octanol–water partition coefficient (Wildman–Crippen LogP) is 2.45. The molecule has 1 amide bonds. The van der Waals surface area contributed by atoms with Crippen molar-refractivity contribution in [3.05, 3.63) is 35.4 Å². The van der Waals surface area contributed by atoms with Gasteiger partial charge in [0, 0.05) is 51.3 Å². The molecule has 2 rings (SSSR count). The van der Waals surface area contributed by atoms with E-state index >= 15 is 0 Å². The number of rotatable bonds is 7. The van der Waals surface area contributed by atoms with Crippen LogP contribution in [0.4, 0.5) is 8.78 Å². The summed E-state index contributed by atoms with van der Waals surface area (Å²) in [4.78, 5) is 18.2. The number of aliphatic imine (C=N–C) groups is 1. The molecule has 0 aliphatic carbocycles. The van der Waals surface area contributed by atoms with Crippen LogP contribution in [0.1, 0.15) is 38.2 Å². The van der Waals surface area contributed by atoms with Gasteiger partial charge in [0.1, 0.15) is 11.6 Å². The SMILES string of the molecule is CCNC(=NCC(C)c1ccc(F)cc1F)NC1CCN(CC(=O)NC)CC1.I. The standard InChI is InChI=1S/C20H31F2N5O.HI/c1-4-24-20(25-12-14(2)17-6-5-15(21)11-18(17)22)26-16-7-9-27(10-8-16)13-19(28)23-3;/h5-6,11,14,16H,4,7-10,12-13H2,1-3H3,(H,23,28)(H2,24,25,26);1H. The number of piperidine rings is 1. The molecule has 1 heterocycles. The fourth-order valence-corrected chi connectivity index (χ4v) is 3.26.